The molecule has 3 rings (SSSR count). The highest BCUT2D eigenvalue weighted by atomic mass is 32.1. The number of nitrogens with zero attached hydrogens (tertiary/aromatic N) is 1. The fraction of sp³-hybridized carbons (Fsp3) is 0.0769. The summed E-state index contributed by atoms with van der Waals surface area (Å²) in [5, 5.41) is 6.62. The van der Waals surface area contributed by atoms with Crippen LogP contribution in [0.1, 0.15) is 10.4 Å². The zero-order chi connectivity index (χ0) is 12.4. The number of anilines is 1. The van der Waals surface area contributed by atoms with Gasteiger partial charge in [-0.15, -0.1) is 11.3 Å². The van der Waals surface area contributed by atoms with Crippen molar-refractivity contribution in [3.63, 3.8) is 0 Å². The first kappa shape index (κ1) is 11.0. The summed E-state index contributed by atoms with van der Waals surface area (Å²) in [4.78, 5) is 19.3. The first-order valence-electron chi connectivity index (χ1n) is 5.57. The van der Waals surface area contributed by atoms with E-state index >= 15 is 0 Å². The smallest absolute Gasteiger partial charge is 0.184 e. The zero-order valence-corrected chi connectivity index (χ0v) is 10.3. The SMILES string of the molecule is O=C(CNc1nccs1)c1c[nH]c2ccccc12. The van der Waals surface area contributed by atoms with Gasteiger partial charge in [-0.25, -0.2) is 4.98 Å². The molecule has 5 heteroatoms. The molecule has 0 fully saturated rings. The predicted octanol–water partition coefficient (Wildman–Crippen LogP) is 2.92. The van der Waals surface area contributed by atoms with Crippen molar-refractivity contribution in [2.24, 2.45) is 0 Å². The standard InChI is InChI=1S/C13H11N3OS/c17-12(8-16-13-14-5-6-18-13)10-7-15-11-4-2-1-3-9(10)11/h1-7,15H,8H2,(H,14,16). The number of fused-ring (bicyclic) bond motifs is 1. The lowest BCUT2D eigenvalue weighted by atomic mass is 10.1. The van der Waals surface area contributed by atoms with Crippen molar-refractivity contribution in [3.8, 4) is 0 Å². The summed E-state index contributed by atoms with van der Waals surface area (Å²) in [5.41, 5.74) is 1.70. The van der Waals surface area contributed by atoms with Crippen molar-refractivity contribution in [1.29, 1.82) is 0 Å². The Morgan fingerprint density at radius 3 is 3.11 bits per heavy atom. The Kier molecular flexibility index (Phi) is 2.82. The van der Waals surface area contributed by atoms with E-state index in [9.17, 15) is 4.79 Å². The van der Waals surface area contributed by atoms with Crippen LogP contribution in [0.2, 0.25) is 0 Å². The molecule has 0 spiro atoms. The molecular formula is C13H11N3OS. The number of aromatic nitrogens is 2. The number of nitrogens with one attached hydrogen (secondary N) is 2. The number of benzene rings is 1. The maximum Gasteiger partial charge on any atom is 0.184 e. The summed E-state index contributed by atoms with van der Waals surface area (Å²) in [6, 6.07) is 7.78. The van der Waals surface area contributed by atoms with Gasteiger partial charge in [-0.05, 0) is 6.07 Å². The van der Waals surface area contributed by atoms with Gasteiger partial charge in [-0.3, -0.25) is 4.79 Å². The predicted molar refractivity (Wildman–Crippen MR) is 73.2 cm³/mol. The molecule has 0 amide bonds. The van der Waals surface area contributed by atoms with E-state index in [1.807, 2.05) is 29.6 Å². The van der Waals surface area contributed by atoms with E-state index in [-0.39, 0.29) is 12.3 Å². The number of hydrogen-bond donors (Lipinski definition) is 2. The second-order valence-corrected chi connectivity index (χ2v) is 4.76. The van der Waals surface area contributed by atoms with Crippen molar-refractivity contribution in [1.82, 2.24) is 9.97 Å². The lowest BCUT2D eigenvalue weighted by molar-refractivity contribution is 0.101. The second-order valence-electron chi connectivity index (χ2n) is 3.86. The number of Topliss-reactive ketones (excluding diaryl/α,β-unsaturated/α-hetero) is 1. The van der Waals surface area contributed by atoms with Crippen LogP contribution in [0.5, 0.6) is 0 Å². The van der Waals surface area contributed by atoms with E-state index in [4.69, 9.17) is 0 Å². The molecule has 4 nitrogen and oxygen atoms in total. The average Bonchev–Trinajstić information content (AvgIpc) is 3.05. The van der Waals surface area contributed by atoms with Crippen LogP contribution in [-0.4, -0.2) is 22.3 Å². The van der Waals surface area contributed by atoms with Gasteiger partial charge < -0.3 is 10.3 Å². The van der Waals surface area contributed by atoms with Gasteiger partial charge in [0.2, 0.25) is 0 Å². The summed E-state index contributed by atoms with van der Waals surface area (Å²) in [6.45, 7) is 0.259. The third kappa shape index (κ3) is 2.00. The first-order valence-corrected chi connectivity index (χ1v) is 6.45. The summed E-state index contributed by atoms with van der Waals surface area (Å²) in [7, 11) is 0. The Labute approximate surface area is 108 Å². The van der Waals surface area contributed by atoms with E-state index < -0.39 is 0 Å². The lowest BCUT2D eigenvalue weighted by Gasteiger charge is -2.00. The van der Waals surface area contributed by atoms with Crippen molar-refractivity contribution in [2.45, 2.75) is 0 Å². The fourth-order valence-electron chi connectivity index (χ4n) is 1.86. The highest BCUT2D eigenvalue weighted by Gasteiger charge is 2.11. The van der Waals surface area contributed by atoms with Crippen molar-refractivity contribution in [2.75, 3.05) is 11.9 Å². The number of carbonyl (C=O) groups excluding carboxylic acids is 1. The van der Waals surface area contributed by atoms with E-state index in [0.29, 0.717) is 0 Å². The number of carbonyl (C=O) groups is 1. The zero-order valence-electron chi connectivity index (χ0n) is 9.51. The first-order chi connectivity index (χ1) is 8.84. The van der Waals surface area contributed by atoms with Gasteiger partial charge in [0, 0.05) is 34.2 Å². The Morgan fingerprint density at radius 1 is 1.39 bits per heavy atom. The maximum atomic E-state index is 12.1. The van der Waals surface area contributed by atoms with Crippen LogP contribution in [0, 0.1) is 0 Å². The molecule has 2 heterocycles. The molecule has 0 atom stereocenters. The van der Waals surface area contributed by atoms with E-state index in [2.05, 4.69) is 15.3 Å². The molecular weight excluding hydrogens is 246 g/mol. The monoisotopic (exact) mass is 257 g/mol. The maximum absolute atomic E-state index is 12.1. The normalized spacial score (nSPS) is 10.7. The summed E-state index contributed by atoms with van der Waals surface area (Å²) >= 11 is 1.48. The van der Waals surface area contributed by atoms with E-state index in [1.165, 1.54) is 11.3 Å². The molecule has 0 aliphatic carbocycles. The molecule has 0 saturated carbocycles. The van der Waals surface area contributed by atoms with Crippen LogP contribution in [-0.2, 0) is 0 Å². The Hall–Kier alpha value is -2.14. The molecule has 2 aromatic heterocycles. The number of thiazole rings is 1. The van der Waals surface area contributed by atoms with Gasteiger partial charge in [-0.2, -0.15) is 0 Å². The van der Waals surface area contributed by atoms with Gasteiger partial charge in [0.25, 0.3) is 0 Å². The van der Waals surface area contributed by atoms with Gasteiger partial charge in [-0.1, -0.05) is 18.2 Å². The van der Waals surface area contributed by atoms with Crippen molar-refractivity contribution in [3.05, 3.63) is 47.6 Å². The van der Waals surface area contributed by atoms with E-state index in [0.717, 1.165) is 21.6 Å². The molecule has 0 aliphatic heterocycles. The second kappa shape index (κ2) is 4.62. The molecule has 0 aliphatic rings. The lowest BCUT2D eigenvalue weighted by Crippen LogP contribution is -2.13. The summed E-state index contributed by atoms with van der Waals surface area (Å²) in [5.74, 6) is 0.0580. The number of aromatic amines is 1. The van der Waals surface area contributed by atoms with Gasteiger partial charge in [0.05, 0.1) is 6.54 Å². The summed E-state index contributed by atoms with van der Waals surface area (Å²) in [6.07, 6.45) is 3.47. The largest absolute Gasteiger partial charge is 0.360 e. The highest BCUT2D eigenvalue weighted by molar-refractivity contribution is 7.13. The Morgan fingerprint density at radius 2 is 2.28 bits per heavy atom. The van der Waals surface area contributed by atoms with Gasteiger partial charge >= 0.3 is 0 Å². The molecule has 0 radical (unpaired) electrons. The van der Waals surface area contributed by atoms with Crippen LogP contribution in [0.25, 0.3) is 10.9 Å². The van der Waals surface area contributed by atoms with Crippen LogP contribution in [0.15, 0.2) is 42.0 Å². The van der Waals surface area contributed by atoms with Crippen LogP contribution in [0.3, 0.4) is 0 Å². The highest BCUT2D eigenvalue weighted by Crippen LogP contribution is 2.18. The minimum atomic E-state index is 0.0580. The van der Waals surface area contributed by atoms with E-state index in [1.54, 1.807) is 12.4 Å². The molecule has 0 saturated heterocycles. The van der Waals surface area contributed by atoms with Crippen molar-refractivity contribution < 1.29 is 4.79 Å². The number of rotatable bonds is 4. The number of para-hydroxylation sites is 1. The topological polar surface area (TPSA) is 57.8 Å². The van der Waals surface area contributed by atoms with Gasteiger partial charge in [0.15, 0.2) is 10.9 Å². The van der Waals surface area contributed by atoms with Crippen LogP contribution < -0.4 is 5.32 Å². The minimum absolute atomic E-state index is 0.0580. The number of hydrogen-bond acceptors (Lipinski definition) is 4. The fourth-order valence-corrected chi connectivity index (χ4v) is 2.39. The molecule has 0 unspecified atom stereocenters. The quantitative estimate of drug-likeness (QED) is 0.706. The van der Waals surface area contributed by atoms with Crippen LogP contribution >= 0.6 is 11.3 Å². The average molecular weight is 257 g/mol. The Balaban J connectivity index is 1.80. The molecule has 3 aromatic rings. The molecule has 1 aromatic carbocycles. The van der Waals surface area contributed by atoms with Crippen LogP contribution in [0.4, 0.5) is 5.13 Å². The molecule has 90 valence electrons. The number of H-pyrrole nitrogens is 1. The minimum Gasteiger partial charge on any atom is -0.360 e. The number of ketones is 1. The summed E-state index contributed by atoms with van der Waals surface area (Å²) < 4.78 is 0. The van der Waals surface area contributed by atoms with Gasteiger partial charge in [0.1, 0.15) is 0 Å². The molecule has 0 bridgehead atoms. The Bertz CT molecular complexity index is 672. The molecule has 2 N–H and O–H groups in total. The third-order valence-corrected chi connectivity index (χ3v) is 3.45. The third-order valence-electron chi connectivity index (χ3n) is 2.72. The molecule has 18 heavy (non-hydrogen) atoms. The van der Waals surface area contributed by atoms with Crippen molar-refractivity contribution >= 4 is 33.2 Å².